The van der Waals surface area contributed by atoms with Crippen molar-refractivity contribution in [2.24, 2.45) is 0 Å². The molecule has 0 aliphatic heterocycles. The predicted molar refractivity (Wildman–Crippen MR) is 123 cm³/mol. The highest BCUT2D eigenvalue weighted by Crippen LogP contribution is 2.31. The zero-order chi connectivity index (χ0) is 22.7. The third kappa shape index (κ3) is 13.3. The number of hydrogen-bond acceptors (Lipinski definition) is 5. The summed E-state index contributed by atoms with van der Waals surface area (Å²) in [6.45, 7) is 5.92. The van der Waals surface area contributed by atoms with E-state index in [-0.39, 0.29) is 17.8 Å². The van der Waals surface area contributed by atoms with E-state index in [1.54, 1.807) is 12.1 Å². The Morgan fingerprint density at radius 3 is 2.06 bits per heavy atom. The summed E-state index contributed by atoms with van der Waals surface area (Å²) in [5.74, 6) is -0.105. The summed E-state index contributed by atoms with van der Waals surface area (Å²) in [5.41, 5.74) is 0.703. The van der Waals surface area contributed by atoms with Gasteiger partial charge >= 0.3 is 6.16 Å². The molecule has 0 spiro atoms. The van der Waals surface area contributed by atoms with Gasteiger partial charge in [-0.15, -0.1) is 0 Å². The van der Waals surface area contributed by atoms with Crippen molar-refractivity contribution in [3.8, 4) is 11.5 Å². The molecule has 0 heterocycles. The number of aromatic hydroxyl groups is 1. The standard InChI is InChI=1S/C25H42O6/c1-3-5-7-12-19-29-23(30-20-13-8-6-4-2)18-11-9-10-15-21-16-14-17-22(24(21)26)31-25(27)28/h14,16-17,23,26H,3-13,15,18-20H2,1-2H3,(H,27,28). The van der Waals surface area contributed by atoms with E-state index in [1.165, 1.54) is 44.6 Å². The zero-order valence-corrected chi connectivity index (χ0v) is 19.4. The van der Waals surface area contributed by atoms with Crippen LogP contribution in [0.2, 0.25) is 0 Å². The average molecular weight is 439 g/mol. The molecule has 0 bridgehead atoms. The van der Waals surface area contributed by atoms with Crippen LogP contribution in [0.3, 0.4) is 0 Å². The Hall–Kier alpha value is -1.79. The van der Waals surface area contributed by atoms with E-state index in [9.17, 15) is 9.90 Å². The summed E-state index contributed by atoms with van der Waals surface area (Å²) in [5, 5.41) is 18.9. The summed E-state index contributed by atoms with van der Waals surface area (Å²) in [4.78, 5) is 10.7. The molecule has 0 aromatic heterocycles. The summed E-state index contributed by atoms with van der Waals surface area (Å²) in [7, 11) is 0. The van der Waals surface area contributed by atoms with Gasteiger partial charge in [-0.2, -0.15) is 0 Å². The first-order valence-electron chi connectivity index (χ1n) is 12.0. The Kier molecular flexibility index (Phi) is 15.7. The highest BCUT2D eigenvalue weighted by atomic mass is 16.7. The fourth-order valence-corrected chi connectivity index (χ4v) is 3.45. The second-order valence-electron chi connectivity index (χ2n) is 8.02. The second kappa shape index (κ2) is 17.8. The van der Waals surface area contributed by atoms with Crippen LogP contribution in [-0.4, -0.2) is 35.9 Å². The normalized spacial score (nSPS) is 11.2. The molecule has 178 valence electrons. The van der Waals surface area contributed by atoms with E-state index in [0.717, 1.165) is 51.7 Å². The molecule has 0 amide bonds. The molecule has 2 N–H and O–H groups in total. The predicted octanol–water partition coefficient (Wildman–Crippen LogP) is 7.07. The number of rotatable bonds is 19. The highest BCUT2D eigenvalue weighted by molar-refractivity contribution is 5.63. The number of para-hydroxylation sites is 1. The molecule has 0 radical (unpaired) electrons. The number of carboxylic acid groups (broad SMARTS) is 1. The van der Waals surface area contributed by atoms with E-state index in [2.05, 4.69) is 18.6 Å². The monoisotopic (exact) mass is 438 g/mol. The molecule has 0 aliphatic rings. The number of phenols is 1. The van der Waals surface area contributed by atoms with Crippen LogP contribution in [0.5, 0.6) is 11.5 Å². The van der Waals surface area contributed by atoms with Crippen molar-refractivity contribution in [3.63, 3.8) is 0 Å². The van der Waals surface area contributed by atoms with Crippen LogP contribution in [0.4, 0.5) is 4.79 Å². The van der Waals surface area contributed by atoms with Crippen LogP contribution in [-0.2, 0) is 15.9 Å². The van der Waals surface area contributed by atoms with Gasteiger partial charge in [0.25, 0.3) is 0 Å². The van der Waals surface area contributed by atoms with Gasteiger partial charge < -0.3 is 24.4 Å². The number of unbranched alkanes of at least 4 members (excludes halogenated alkanes) is 8. The Bertz CT molecular complexity index is 575. The van der Waals surface area contributed by atoms with Gasteiger partial charge in [-0.05, 0) is 50.2 Å². The fourth-order valence-electron chi connectivity index (χ4n) is 3.45. The average Bonchev–Trinajstić information content (AvgIpc) is 2.74. The van der Waals surface area contributed by atoms with Crippen LogP contribution < -0.4 is 4.74 Å². The summed E-state index contributed by atoms with van der Waals surface area (Å²) < 4.78 is 16.6. The lowest BCUT2D eigenvalue weighted by atomic mass is 10.0. The number of hydrogen-bond donors (Lipinski definition) is 2. The summed E-state index contributed by atoms with van der Waals surface area (Å²) >= 11 is 0. The van der Waals surface area contributed by atoms with Crippen molar-refractivity contribution >= 4 is 6.16 Å². The molecule has 0 aliphatic carbocycles. The van der Waals surface area contributed by atoms with Gasteiger partial charge in [0.2, 0.25) is 0 Å². The number of ether oxygens (including phenoxy) is 3. The number of benzene rings is 1. The number of phenolic OH excluding ortho intramolecular Hbond substituents is 1. The molecular weight excluding hydrogens is 396 g/mol. The van der Waals surface area contributed by atoms with Crippen molar-refractivity contribution in [1.29, 1.82) is 0 Å². The lowest BCUT2D eigenvalue weighted by molar-refractivity contribution is -0.148. The van der Waals surface area contributed by atoms with Crippen molar-refractivity contribution in [2.75, 3.05) is 13.2 Å². The lowest BCUT2D eigenvalue weighted by Gasteiger charge is -2.19. The Morgan fingerprint density at radius 2 is 1.48 bits per heavy atom. The maximum atomic E-state index is 10.7. The molecular formula is C25H42O6. The van der Waals surface area contributed by atoms with Gasteiger partial charge in [-0.3, -0.25) is 0 Å². The molecule has 6 heteroatoms. The minimum Gasteiger partial charge on any atom is -0.504 e. The molecule has 1 rings (SSSR count). The summed E-state index contributed by atoms with van der Waals surface area (Å²) in [6.07, 6.45) is 12.3. The maximum Gasteiger partial charge on any atom is 0.511 e. The van der Waals surface area contributed by atoms with Crippen molar-refractivity contribution < 1.29 is 29.2 Å². The van der Waals surface area contributed by atoms with E-state index in [1.807, 2.05) is 0 Å². The van der Waals surface area contributed by atoms with Crippen LogP contribution >= 0.6 is 0 Å². The Morgan fingerprint density at radius 1 is 0.871 bits per heavy atom. The minimum atomic E-state index is -1.43. The van der Waals surface area contributed by atoms with Gasteiger partial charge in [0.15, 0.2) is 17.8 Å². The van der Waals surface area contributed by atoms with Crippen LogP contribution in [0.15, 0.2) is 18.2 Å². The van der Waals surface area contributed by atoms with E-state index in [0.29, 0.717) is 12.0 Å². The molecule has 0 saturated carbocycles. The molecule has 0 saturated heterocycles. The molecule has 0 fully saturated rings. The third-order valence-electron chi connectivity index (χ3n) is 5.27. The van der Waals surface area contributed by atoms with Gasteiger partial charge in [-0.25, -0.2) is 4.79 Å². The molecule has 6 nitrogen and oxygen atoms in total. The lowest BCUT2D eigenvalue weighted by Crippen LogP contribution is -2.19. The quantitative estimate of drug-likeness (QED) is 0.104. The van der Waals surface area contributed by atoms with Gasteiger partial charge in [0.05, 0.1) is 0 Å². The molecule has 1 aromatic carbocycles. The first-order valence-corrected chi connectivity index (χ1v) is 12.0. The van der Waals surface area contributed by atoms with Crippen molar-refractivity contribution in [1.82, 2.24) is 0 Å². The third-order valence-corrected chi connectivity index (χ3v) is 5.27. The fraction of sp³-hybridized carbons (Fsp3) is 0.720. The first-order chi connectivity index (χ1) is 15.1. The van der Waals surface area contributed by atoms with Gasteiger partial charge in [-0.1, -0.05) is 70.9 Å². The zero-order valence-electron chi connectivity index (χ0n) is 19.4. The van der Waals surface area contributed by atoms with Crippen molar-refractivity contribution in [3.05, 3.63) is 23.8 Å². The maximum absolute atomic E-state index is 10.7. The van der Waals surface area contributed by atoms with E-state index < -0.39 is 6.16 Å². The Labute approximate surface area is 187 Å². The minimum absolute atomic E-state index is 0.0157. The van der Waals surface area contributed by atoms with E-state index in [4.69, 9.17) is 14.6 Å². The van der Waals surface area contributed by atoms with Crippen LogP contribution in [0.25, 0.3) is 0 Å². The molecule has 1 aromatic rings. The van der Waals surface area contributed by atoms with Crippen molar-refractivity contribution in [2.45, 2.75) is 104 Å². The largest absolute Gasteiger partial charge is 0.511 e. The molecule has 31 heavy (non-hydrogen) atoms. The van der Waals surface area contributed by atoms with Crippen LogP contribution in [0, 0.1) is 0 Å². The van der Waals surface area contributed by atoms with Gasteiger partial charge in [0, 0.05) is 13.2 Å². The van der Waals surface area contributed by atoms with Gasteiger partial charge in [0.1, 0.15) is 0 Å². The number of aryl methyl sites for hydroxylation is 1. The number of carbonyl (C=O) groups is 1. The topological polar surface area (TPSA) is 85.2 Å². The second-order valence-corrected chi connectivity index (χ2v) is 8.02. The highest BCUT2D eigenvalue weighted by Gasteiger charge is 2.12. The molecule has 0 unspecified atom stereocenters. The smallest absolute Gasteiger partial charge is 0.504 e. The molecule has 0 atom stereocenters. The van der Waals surface area contributed by atoms with Crippen LogP contribution in [0.1, 0.15) is 96.5 Å². The SMILES string of the molecule is CCCCCCOC(CCCCCc1cccc(OC(=O)O)c1O)OCCCCCC. The van der Waals surface area contributed by atoms with E-state index >= 15 is 0 Å². The summed E-state index contributed by atoms with van der Waals surface area (Å²) in [6, 6.07) is 4.95. The first kappa shape index (κ1) is 27.2. The Balaban J connectivity index is 2.34.